The van der Waals surface area contributed by atoms with Gasteiger partial charge in [-0.25, -0.2) is 0 Å². The van der Waals surface area contributed by atoms with E-state index in [0.717, 1.165) is 31.5 Å². The number of benzene rings is 1. The number of phenolic OH excluding ortho intramolecular Hbond substituents is 2. The first-order chi connectivity index (χ1) is 9.95. The molecular weight excluding hydrogens is 270 g/mol. The van der Waals surface area contributed by atoms with E-state index in [1.54, 1.807) is 12.1 Å². The van der Waals surface area contributed by atoms with Crippen LogP contribution in [0, 0.1) is 11.8 Å². The number of hydrogen-bond acceptors (Lipinski definition) is 4. The Kier molecular flexibility index (Phi) is 5.07. The molecule has 2 unspecified atom stereocenters. The second-order valence-electron chi connectivity index (χ2n) is 6.03. The summed E-state index contributed by atoms with van der Waals surface area (Å²) in [5.74, 6) is -0.0258. The van der Waals surface area contributed by atoms with Gasteiger partial charge < -0.3 is 15.3 Å². The molecule has 1 saturated heterocycles. The number of carboxylic acids is 1. The Morgan fingerprint density at radius 3 is 2.86 bits per heavy atom. The predicted octanol–water partition coefficient (Wildman–Crippen LogP) is 2.42. The predicted molar refractivity (Wildman–Crippen MR) is 79.2 cm³/mol. The van der Waals surface area contributed by atoms with Crippen LogP contribution in [0.1, 0.15) is 31.7 Å². The third-order valence-electron chi connectivity index (χ3n) is 4.31. The quantitative estimate of drug-likeness (QED) is 0.777. The van der Waals surface area contributed by atoms with Crippen LogP contribution in [-0.4, -0.2) is 39.3 Å². The van der Waals surface area contributed by atoms with Gasteiger partial charge in [-0.2, -0.15) is 0 Å². The summed E-state index contributed by atoms with van der Waals surface area (Å²) in [6, 6.07) is 4.66. The lowest BCUT2D eigenvalue weighted by atomic mass is 9.84. The maximum atomic E-state index is 10.8. The van der Waals surface area contributed by atoms with Gasteiger partial charge in [0, 0.05) is 31.1 Å². The first-order valence-corrected chi connectivity index (χ1v) is 7.40. The van der Waals surface area contributed by atoms with Crippen molar-refractivity contribution in [2.75, 3.05) is 13.1 Å². The summed E-state index contributed by atoms with van der Waals surface area (Å²) in [6.45, 7) is 4.44. The second-order valence-corrected chi connectivity index (χ2v) is 6.03. The maximum absolute atomic E-state index is 10.8. The van der Waals surface area contributed by atoms with Gasteiger partial charge in [0.15, 0.2) is 0 Å². The molecule has 116 valence electrons. The number of likely N-dealkylation sites (tertiary alicyclic amines) is 1. The molecular formula is C16H23NO4. The first kappa shape index (κ1) is 15.6. The Bertz CT molecular complexity index is 503. The normalized spacial score (nSPS) is 21.1. The van der Waals surface area contributed by atoms with Crippen molar-refractivity contribution in [1.82, 2.24) is 4.90 Å². The van der Waals surface area contributed by atoms with Crippen LogP contribution in [0.3, 0.4) is 0 Å². The number of hydrogen-bond donors (Lipinski definition) is 3. The molecule has 2 rings (SSSR count). The fourth-order valence-electron chi connectivity index (χ4n) is 3.07. The van der Waals surface area contributed by atoms with Gasteiger partial charge >= 0.3 is 5.97 Å². The van der Waals surface area contributed by atoms with Crippen molar-refractivity contribution in [2.45, 2.75) is 32.7 Å². The Morgan fingerprint density at radius 2 is 2.19 bits per heavy atom. The van der Waals surface area contributed by atoms with Crippen molar-refractivity contribution in [3.8, 4) is 11.5 Å². The van der Waals surface area contributed by atoms with E-state index >= 15 is 0 Å². The SMILES string of the molecule is CC(CC(=O)O)C1CCCN(Cc2ccc(O)cc2O)C1. The minimum Gasteiger partial charge on any atom is -0.508 e. The highest BCUT2D eigenvalue weighted by atomic mass is 16.4. The minimum absolute atomic E-state index is 0.0582. The Morgan fingerprint density at radius 1 is 1.43 bits per heavy atom. The fraction of sp³-hybridized carbons (Fsp3) is 0.562. The van der Waals surface area contributed by atoms with Crippen molar-refractivity contribution in [1.29, 1.82) is 0 Å². The zero-order chi connectivity index (χ0) is 15.4. The average molecular weight is 293 g/mol. The standard InChI is InChI=1S/C16H23NO4/c1-11(7-16(20)21)12-3-2-6-17(9-12)10-13-4-5-14(18)8-15(13)19/h4-5,8,11-12,18-19H,2-3,6-7,9-10H2,1H3,(H,20,21). The third-order valence-corrected chi connectivity index (χ3v) is 4.31. The van der Waals surface area contributed by atoms with Crippen LogP contribution in [0.4, 0.5) is 0 Å². The first-order valence-electron chi connectivity index (χ1n) is 7.40. The van der Waals surface area contributed by atoms with Gasteiger partial charge in [-0.1, -0.05) is 13.0 Å². The van der Waals surface area contributed by atoms with E-state index in [-0.39, 0.29) is 23.8 Å². The summed E-state index contributed by atoms with van der Waals surface area (Å²) < 4.78 is 0. The van der Waals surface area contributed by atoms with Crippen LogP contribution in [0.15, 0.2) is 18.2 Å². The van der Waals surface area contributed by atoms with Gasteiger partial charge in [-0.3, -0.25) is 9.69 Å². The monoisotopic (exact) mass is 293 g/mol. The van der Waals surface area contributed by atoms with Gasteiger partial charge in [-0.05, 0) is 37.3 Å². The van der Waals surface area contributed by atoms with E-state index in [1.807, 2.05) is 6.92 Å². The summed E-state index contributed by atoms with van der Waals surface area (Å²) in [4.78, 5) is 13.1. The van der Waals surface area contributed by atoms with E-state index in [9.17, 15) is 15.0 Å². The summed E-state index contributed by atoms with van der Waals surface area (Å²) in [5.41, 5.74) is 0.791. The lowest BCUT2D eigenvalue weighted by molar-refractivity contribution is -0.138. The van der Waals surface area contributed by atoms with Gasteiger partial charge in [-0.15, -0.1) is 0 Å². The summed E-state index contributed by atoms with van der Waals surface area (Å²) in [7, 11) is 0. The van der Waals surface area contributed by atoms with Crippen molar-refractivity contribution in [3.05, 3.63) is 23.8 Å². The average Bonchev–Trinajstić information content (AvgIpc) is 2.41. The van der Waals surface area contributed by atoms with E-state index in [2.05, 4.69) is 4.90 Å². The lowest BCUT2D eigenvalue weighted by Crippen LogP contribution is -2.37. The number of aromatic hydroxyl groups is 2. The largest absolute Gasteiger partial charge is 0.508 e. The molecule has 0 spiro atoms. The molecule has 2 atom stereocenters. The Labute approximate surface area is 124 Å². The topological polar surface area (TPSA) is 81.0 Å². The van der Waals surface area contributed by atoms with Gasteiger partial charge in [0.1, 0.15) is 11.5 Å². The summed E-state index contributed by atoms with van der Waals surface area (Å²) >= 11 is 0. The molecule has 1 aromatic rings. The molecule has 0 aliphatic carbocycles. The van der Waals surface area contributed by atoms with Gasteiger partial charge in [0.25, 0.3) is 0 Å². The smallest absolute Gasteiger partial charge is 0.303 e. The molecule has 1 fully saturated rings. The molecule has 5 nitrogen and oxygen atoms in total. The lowest BCUT2D eigenvalue weighted by Gasteiger charge is -2.35. The highest BCUT2D eigenvalue weighted by molar-refractivity contribution is 5.67. The fourth-order valence-corrected chi connectivity index (χ4v) is 3.07. The molecule has 1 heterocycles. The van der Waals surface area contributed by atoms with Crippen molar-refractivity contribution in [3.63, 3.8) is 0 Å². The van der Waals surface area contributed by atoms with E-state index in [1.165, 1.54) is 6.07 Å². The third kappa shape index (κ3) is 4.36. The number of nitrogens with zero attached hydrogens (tertiary/aromatic N) is 1. The highest BCUT2D eigenvalue weighted by Gasteiger charge is 2.26. The Hall–Kier alpha value is -1.75. The summed E-state index contributed by atoms with van der Waals surface area (Å²) in [5, 5.41) is 28.1. The van der Waals surface area contributed by atoms with Crippen molar-refractivity contribution >= 4 is 5.97 Å². The molecule has 1 aliphatic rings. The number of piperidine rings is 1. The molecule has 0 amide bonds. The second kappa shape index (κ2) is 6.80. The molecule has 1 aliphatic heterocycles. The molecule has 0 saturated carbocycles. The van der Waals surface area contributed by atoms with Crippen LogP contribution in [0.25, 0.3) is 0 Å². The summed E-state index contributed by atoms with van der Waals surface area (Å²) in [6.07, 6.45) is 2.32. The Balaban J connectivity index is 1.96. The molecule has 3 N–H and O–H groups in total. The van der Waals surface area contributed by atoms with E-state index in [0.29, 0.717) is 12.5 Å². The molecule has 0 radical (unpaired) electrons. The minimum atomic E-state index is -0.740. The van der Waals surface area contributed by atoms with E-state index in [4.69, 9.17) is 5.11 Å². The van der Waals surface area contributed by atoms with Crippen LogP contribution in [-0.2, 0) is 11.3 Å². The van der Waals surface area contributed by atoms with Crippen LogP contribution < -0.4 is 0 Å². The highest BCUT2D eigenvalue weighted by Crippen LogP contribution is 2.29. The van der Waals surface area contributed by atoms with Crippen molar-refractivity contribution in [2.24, 2.45) is 11.8 Å². The number of rotatable bonds is 5. The van der Waals surface area contributed by atoms with Crippen LogP contribution in [0.2, 0.25) is 0 Å². The van der Waals surface area contributed by atoms with Crippen LogP contribution >= 0.6 is 0 Å². The molecule has 1 aromatic carbocycles. The molecule has 0 bridgehead atoms. The zero-order valence-electron chi connectivity index (χ0n) is 12.3. The molecule has 0 aromatic heterocycles. The maximum Gasteiger partial charge on any atom is 0.303 e. The number of carbonyl (C=O) groups is 1. The van der Waals surface area contributed by atoms with Crippen LogP contribution in [0.5, 0.6) is 11.5 Å². The number of phenols is 2. The van der Waals surface area contributed by atoms with E-state index < -0.39 is 5.97 Å². The zero-order valence-corrected chi connectivity index (χ0v) is 12.3. The molecule has 5 heteroatoms. The number of carboxylic acid groups (broad SMARTS) is 1. The molecule has 21 heavy (non-hydrogen) atoms. The van der Waals surface area contributed by atoms with Gasteiger partial charge in [0.05, 0.1) is 0 Å². The van der Waals surface area contributed by atoms with Crippen molar-refractivity contribution < 1.29 is 20.1 Å². The van der Waals surface area contributed by atoms with Gasteiger partial charge in [0.2, 0.25) is 0 Å². The number of aliphatic carboxylic acids is 1.